The van der Waals surface area contributed by atoms with Crippen LogP contribution in [0.3, 0.4) is 0 Å². The summed E-state index contributed by atoms with van der Waals surface area (Å²) in [6, 6.07) is 2.19. The van der Waals surface area contributed by atoms with Crippen molar-refractivity contribution in [2.45, 2.75) is 18.4 Å². The van der Waals surface area contributed by atoms with E-state index in [1.54, 1.807) is 0 Å². The van der Waals surface area contributed by atoms with Gasteiger partial charge in [0.15, 0.2) is 0 Å². The van der Waals surface area contributed by atoms with Crippen LogP contribution in [0.2, 0.25) is 0 Å². The Bertz CT molecular complexity index is 431. The number of benzene rings is 1. The molecule has 0 aromatic heterocycles. The molecule has 7 heteroatoms. The van der Waals surface area contributed by atoms with Gasteiger partial charge >= 0.3 is 6.18 Å². The average Bonchev–Trinajstić information content (AvgIpc) is 2.14. The first-order valence-corrected chi connectivity index (χ1v) is 5.31. The molecule has 0 N–H and O–H groups in total. The minimum atomic E-state index is -4.58. The zero-order valence-corrected chi connectivity index (χ0v) is 9.72. The summed E-state index contributed by atoms with van der Waals surface area (Å²) in [6.45, 7) is 1.28. The van der Waals surface area contributed by atoms with Gasteiger partial charge < -0.3 is 0 Å². The molecule has 0 saturated heterocycles. The summed E-state index contributed by atoms with van der Waals surface area (Å²) in [7, 11) is 0. The average molecular weight is 298 g/mol. The van der Waals surface area contributed by atoms with E-state index in [0.29, 0.717) is 0 Å². The smallest absolute Gasteiger partial charge is 0.258 e. The van der Waals surface area contributed by atoms with Gasteiger partial charge in [0.1, 0.15) is 0 Å². The molecule has 0 unspecified atom stereocenters. The van der Waals surface area contributed by atoms with Crippen LogP contribution >= 0.6 is 15.9 Å². The molecule has 0 aliphatic heterocycles. The van der Waals surface area contributed by atoms with Gasteiger partial charge in [0.2, 0.25) is 0 Å². The third-order valence-corrected chi connectivity index (χ3v) is 2.67. The fourth-order valence-corrected chi connectivity index (χ4v) is 2.02. The number of halogens is 4. The van der Waals surface area contributed by atoms with E-state index in [0.717, 1.165) is 12.1 Å². The molecule has 0 saturated carbocycles. The maximum absolute atomic E-state index is 12.7. The molecule has 0 spiro atoms. The molecular formula is C9H7BrF3NO2. The van der Waals surface area contributed by atoms with Gasteiger partial charge in [0, 0.05) is 11.4 Å². The molecule has 0 heterocycles. The van der Waals surface area contributed by atoms with Crippen LogP contribution in [-0.2, 0) is 11.5 Å². The van der Waals surface area contributed by atoms with Crippen molar-refractivity contribution in [1.82, 2.24) is 0 Å². The van der Waals surface area contributed by atoms with E-state index >= 15 is 0 Å². The van der Waals surface area contributed by atoms with Crippen molar-refractivity contribution in [3.05, 3.63) is 38.9 Å². The molecule has 0 fully saturated rings. The van der Waals surface area contributed by atoms with Gasteiger partial charge in [-0.15, -0.1) is 0 Å². The summed E-state index contributed by atoms with van der Waals surface area (Å²) in [5.41, 5.74) is -1.81. The van der Waals surface area contributed by atoms with Crippen LogP contribution in [0, 0.1) is 17.0 Å². The summed E-state index contributed by atoms with van der Waals surface area (Å²) in [5, 5.41) is 10.4. The zero-order valence-electron chi connectivity index (χ0n) is 8.14. The lowest BCUT2D eigenvalue weighted by molar-refractivity contribution is -0.385. The van der Waals surface area contributed by atoms with Crippen LogP contribution in [0.5, 0.6) is 0 Å². The largest absolute Gasteiger partial charge is 0.417 e. The van der Waals surface area contributed by atoms with Crippen molar-refractivity contribution >= 4 is 21.6 Å². The number of alkyl halides is 4. The van der Waals surface area contributed by atoms with Crippen molar-refractivity contribution < 1.29 is 18.1 Å². The predicted octanol–water partition coefficient (Wildman–Crippen LogP) is 3.82. The number of hydrogen-bond donors (Lipinski definition) is 0. The maximum atomic E-state index is 12.7. The third-order valence-electron chi connectivity index (χ3n) is 2.11. The zero-order chi connectivity index (χ0) is 12.5. The minimum Gasteiger partial charge on any atom is -0.258 e. The molecule has 88 valence electrons. The van der Waals surface area contributed by atoms with Gasteiger partial charge in [-0.2, -0.15) is 13.2 Å². The first-order chi connectivity index (χ1) is 7.29. The highest BCUT2D eigenvalue weighted by Gasteiger charge is 2.37. The van der Waals surface area contributed by atoms with Crippen molar-refractivity contribution in [3.8, 4) is 0 Å². The SMILES string of the molecule is Cc1ccc([N+](=O)[O-])c(CBr)c1C(F)(F)F. The normalized spacial score (nSPS) is 11.6. The lowest BCUT2D eigenvalue weighted by Gasteiger charge is -2.14. The van der Waals surface area contributed by atoms with Crippen LogP contribution in [0.25, 0.3) is 0 Å². The molecular weight excluding hydrogens is 291 g/mol. The van der Waals surface area contributed by atoms with Crippen molar-refractivity contribution in [2.75, 3.05) is 0 Å². The summed E-state index contributed by atoms with van der Waals surface area (Å²) < 4.78 is 38.1. The Balaban J connectivity index is 3.57. The first-order valence-electron chi connectivity index (χ1n) is 4.19. The number of rotatable bonds is 2. The fraction of sp³-hybridized carbons (Fsp3) is 0.333. The number of hydrogen-bond acceptors (Lipinski definition) is 2. The van der Waals surface area contributed by atoms with Gasteiger partial charge in [-0.3, -0.25) is 10.1 Å². The Morgan fingerprint density at radius 2 is 2.00 bits per heavy atom. The van der Waals surface area contributed by atoms with Crippen LogP contribution in [-0.4, -0.2) is 4.92 Å². The van der Waals surface area contributed by atoms with Gasteiger partial charge in [-0.1, -0.05) is 22.0 Å². The molecule has 3 nitrogen and oxygen atoms in total. The van der Waals surface area contributed by atoms with Crippen molar-refractivity contribution in [1.29, 1.82) is 0 Å². The highest BCUT2D eigenvalue weighted by molar-refractivity contribution is 9.08. The predicted molar refractivity (Wildman–Crippen MR) is 55.5 cm³/mol. The summed E-state index contributed by atoms with van der Waals surface area (Å²) in [5.74, 6) is 0. The lowest BCUT2D eigenvalue weighted by atomic mass is 10.0. The van der Waals surface area contributed by atoms with Crippen LogP contribution in [0.4, 0.5) is 18.9 Å². The minimum absolute atomic E-state index is 0.0208. The molecule has 0 radical (unpaired) electrons. The van der Waals surface area contributed by atoms with Gasteiger partial charge in [-0.05, 0) is 12.5 Å². The molecule has 0 amide bonds. The third kappa shape index (κ3) is 2.34. The Hall–Kier alpha value is -1.11. The summed E-state index contributed by atoms with van der Waals surface area (Å²) in [4.78, 5) is 9.77. The van der Waals surface area contributed by atoms with Crippen molar-refractivity contribution in [3.63, 3.8) is 0 Å². The van der Waals surface area contributed by atoms with E-state index < -0.39 is 22.4 Å². The van der Waals surface area contributed by atoms with Crippen LogP contribution in [0.15, 0.2) is 12.1 Å². The van der Waals surface area contributed by atoms with Crippen LogP contribution < -0.4 is 0 Å². The number of nitro groups is 1. The van der Waals surface area contributed by atoms with E-state index in [2.05, 4.69) is 15.9 Å². The quantitative estimate of drug-likeness (QED) is 0.473. The van der Waals surface area contributed by atoms with E-state index in [1.807, 2.05) is 0 Å². The molecule has 16 heavy (non-hydrogen) atoms. The standard InChI is InChI=1S/C9H7BrF3NO2/c1-5-2-3-7(14(15)16)6(4-10)8(5)9(11,12)13/h2-3H,4H2,1H3. The Labute approximate surface area is 97.5 Å². The van der Waals surface area contributed by atoms with Crippen molar-refractivity contribution in [2.24, 2.45) is 0 Å². The van der Waals surface area contributed by atoms with Crippen LogP contribution in [0.1, 0.15) is 16.7 Å². The number of nitro benzene ring substituents is 1. The Morgan fingerprint density at radius 3 is 2.38 bits per heavy atom. The topological polar surface area (TPSA) is 43.1 Å². The molecule has 1 aromatic carbocycles. The maximum Gasteiger partial charge on any atom is 0.417 e. The molecule has 0 bridgehead atoms. The molecule has 0 aliphatic carbocycles. The van der Waals surface area contributed by atoms with E-state index in [-0.39, 0.29) is 16.5 Å². The molecule has 0 atom stereocenters. The monoisotopic (exact) mass is 297 g/mol. The second-order valence-corrected chi connectivity index (χ2v) is 3.70. The van der Waals surface area contributed by atoms with Gasteiger partial charge in [0.25, 0.3) is 5.69 Å². The number of nitrogens with zero attached hydrogens (tertiary/aromatic N) is 1. The lowest BCUT2D eigenvalue weighted by Crippen LogP contribution is -2.12. The second-order valence-electron chi connectivity index (χ2n) is 3.14. The highest BCUT2D eigenvalue weighted by atomic mass is 79.9. The van der Waals surface area contributed by atoms with E-state index in [4.69, 9.17) is 0 Å². The van der Waals surface area contributed by atoms with Gasteiger partial charge in [-0.25, -0.2) is 0 Å². The summed E-state index contributed by atoms with van der Waals surface area (Å²) in [6.07, 6.45) is -4.58. The first kappa shape index (κ1) is 13.0. The Morgan fingerprint density at radius 1 is 1.44 bits per heavy atom. The van der Waals surface area contributed by atoms with E-state index in [1.165, 1.54) is 6.92 Å². The second kappa shape index (κ2) is 4.40. The molecule has 1 aromatic rings. The molecule has 0 aliphatic rings. The number of aryl methyl sites for hydroxylation is 1. The fourth-order valence-electron chi connectivity index (χ4n) is 1.45. The summed E-state index contributed by atoms with van der Waals surface area (Å²) >= 11 is 2.85. The molecule has 1 rings (SSSR count). The Kier molecular flexibility index (Phi) is 3.57. The van der Waals surface area contributed by atoms with E-state index in [9.17, 15) is 23.3 Å². The van der Waals surface area contributed by atoms with Gasteiger partial charge in [0.05, 0.1) is 16.1 Å². The highest BCUT2D eigenvalue weighted by Crippen LogP contribution is 2.39.